The first-order valence-corrected chi connectivity index (χ1v) is 12.1. The summed E-state index contributed by atoms with van der Waals surface area (Å²) in [5, 5.41) is 4.19. The molecule has 0 aliphatic carbocycles. The second kappa shape index (κ2) is 8.80. The van der Waals surface area contributed by atoms with E-state index in [0.717, 1.165) is 44.2 Å². The maximum Gasteiger partial charge on any atom is 0.173 e. The Balaban J connectivity index is 1.43. The van der Waals surface area contributed by atoms with Gasteiger partial charge in [0.2, 0.25) is 0 Å². The second-order valence-corrected chi connectivity index (χ2v) is 9.62. The van der Waals surface area contributed by atoms with Gasteiger partial charge in [-0.15, -0.1) is 11.3 Å². The third-order valence-electron chi connectivity index (χ3n) is 5.92. The molecule has 0 unspecified atom stereocenters. The van der Waals surface area contributed by atoms with Crippen LogP contribution in [-0.4, -0.2) is 45.4 Å². The number of thiophene rings is 1. The average molecular weight is 503 g/mol. The lowest BCUT2D eigenvalue weighted by Gasteiger charge is -2.12. The number of halogens is 2. The smallest absolute Gasteiger partial charge is 0.173 e. The highest BCUT2D eigenvalue weighted by molar-refractivity contribution is 7.16. The third kappa shape index (κ3) is 3.89. The summed E-state index contributed by atoms with van der Waals surface area (Å²) in [7, 11) is 3.89. The minimum Gasteiger partial charge on any atom is -0.491 e. The quantitative estimate of drug-likeness (QED) is 0.328. The first kappa shape index (κ1) is 22.3. The monoisotopic (exact) mass is 502 g/mol. The molecule has 0 radical (unpaired) electrons. The molecule has 1 aliphatic rings. The van der Waals surface area contributed by atoms with E-state index in [0.29, 0.717) is 24.6 Å². The molecule has 0 saturated heterocycles. The van der Waals surface area contributed by atoms with Gasteiger partial charge < -0.3 is 9.64 Å². The molecule has 10 heteroatoms. The molecule has 1 aromatic carbocycles. The summed E-state index contributed by atoms with van der Waals surface area (Å²) in [5.74, 6) is 0.680. The van der Waals surface area contributed by atoms with Crippen LogP contribution in [0.3, 0.4) is 0 Å². The number of anilines is 1. The number of hydrogen-bond acceptors (Lipinski definition) is 7. The zero-order valence-corrected chi connectivity index (χ0v) is 20.3. The molecular weight excluding hydrogens is 482 g/mol. The normalized spacial score (nSPS) is 12.4. The molecule has 180 valence electrons. The van der Waals surface area contributed by atoms with Crippen LogP contribution in [0.5, 0.6) is 5.75 Å². The summed E-state index contributed by atoms with van der Waals surface area (Å²) in [6, 6.07) is 13.2. The number of benzene rings is 1. The standard InChI is InChI=1S/C26H20F2N6OS/c1-33(2)24-8-3-15(13-29-24)19-5-7-21-25(32-19)17-12-23(36-22(17)9-10-35-21)26-30-14-31-34(26)20-6-4-16(27)11-18(20)28/h3-8,11-14H,9-10H2,1-2H3. The van der Waals surface area contributed by atoms with Crippen molar-refractivity contribution in [3.63, 3.8) is 0 Å². The van der Waals surface area contributed by atoms with E-state index < -0.39 is 11.6 Å². The van der Waals surface area contributed by atoms with Crippen molar-refractivity contribution in [3.05, 3.63) is 77.6 Å². The molecule has 7 nitrogen and oxygen atoms in total. The van der Waals surface area contributed by atoms with Crippen LogP contribution in [0.1, 0.15) is 4.88 Å². The van der Waals surface area contributed by atoms with Gasteiger partial charge in [-0.3, -0.25) is 0 Å². The van der Waals surface area contributed by atoms with E-state index in [1.165, 1.54) is 34.5 Å². The number of nitrogens with zero attached hydrogens (tertiary/aromatic N) is 6. The summed E-state index contributed by atoms with van der Waals surface area (Å²) in [5.41, 5.74) is 3.49. The van der Waals surface area contributed by atoms with E-state index in [-0.39, 0.29) is 5.69 Å². The second-order valence-electron chi connectivity index (χ2n) is 8.48. The van der Waals surface area contributed by atoms with E-state index in [2.05, 4.69) is 15.1 Å². The number of hydrogen-bond donors (Lipinski definition) is 0. The topological polar surface area (TPSA) is 69.0 Å². The highest BCUT2D eigenvalue weighted by Crippen LogP contribution is 2.42. The first-order valence-electron chi connectivity index (χ1n) is 11.2. The zero-order chi connectivity index (χ0) is 24.8. The molecule has 0 N–H and O–H groups in total. The Morgan fingerprint density at radius 1 is 1.03 bits per heavy atom. The lowest BCUT2D eigenvalue weighted by atomic mass is 10.1. The van der Waals surface area contributed by atoms with Gasteiger partial charge in [-0.2, -0.15) is 5.10 Å². The van der Waals surface area contributed by atoms with E-state index in [4.69, 9.17) is 9.72 Å². The van der Waals surface area contributed by atoms with Crippen molar-refractivity contribution in [2.24, 2.45) is 0 Å². The van der Waals surface area contributed by atoms with Gasteiger partial charge in [0.15, 0.2) is 11.6 Å². The molecule has 0 fully saturated rings. The highest BCUT2D eigenvalue weighted by atomic mass is 32.1. The molecule has 1 aliphatic heterocycles. The summed E-state index contributed by atoms with van der Waals surface area (Å²) in [6.07, 6.45) is 3.87. The Kier molecular flexibility index (Phi) is 5.45. The predicted octanol–water partition coefficient (Wildman–Crippen LogP) is 5.40. The van der Waals surface area contributed by atoms with Gasteiger partial charge in [0, 0.05) is 48.8 Å². The minimum absolute atomic E-state index is 0.130. The zero-order valence-electron chi connectivity index (χ0n) is 19.4. The Morgan fingerprint density at radius 2 is 1.92 bits per heavy atom. The highest BCUT2D eigenvalue weighted by Gasteiger charge is 2.24. The maximum atomic E-state index is 14.5. The Morgan fingerprint density at radius 3 is 2.69 bits per heavy atom. The van der Waals surface area contributed by atoms with Gasteiger partial charge in [-0.25, -0.2) is 28.4 Å². The number of aromatic nitrogens is 5. The van der Waals surface area contributed by atoms with E-state index in [1.54, 1.807) is 6.20 Å². The SMILES string of the molecule is CN(C)c1ccc(-c2ccc3c(n2)-c2cc(-c4ncnn4-c4ccc(F)cc4F)sc2CCO3)cn1. The molecule has 5 aromatic rings. The minimum atomic E-state index is -0.709. The molecule has 4 aromatic heterocycles. The number of rotatable bonds is 4. The van der Waals surface area contributed by atoms with Gasteiger partial charge in [0.1, 0.15) is 35.1 Å². The van der Waals surface area contributed by atoms with Crippen LogP contribution in [0.4, 0.5) is 14.6 Å². The van der Waals surface area contributed by atoms with Crippen LogP contribution in [0, 0.1) is 11.6 Å². The Labute approximate surface area is 209 Å². The molecule has 6 rings (SSSR count). The molecular formula is C26H20F2N6OS. The van der Waals surface area contributed by atoms with Crippen molar-refractivity contribution < 1.29 is 13.5 Å². The molecule has 0 atom stereocenters. The Hall–Kier alpha value is -4.18. The van der Waals surface area contributed by atoms with E-state index >= 15 is 0 Å². The van der Waals surface area contributed by atoms with Gasteiger partial charge in [-0.05, 0) is 42.5 Å². The fourth-order valence-corrected chi connectivity index (χ4v) is 5.26. The van der Waals surface area contributed by atoms with E-state index in [9.17, 15) is 8.78 Å². The van der Waals surface area contributed by atoms with Crippen LogP contribution < -0.4 is 9.64 Å². The van der Waals surface area contributed by atoms with Gasteiger partial charge >= 0.3 is 0 Å². The van der Waals surface area contributed by atoms with Crippen molar-refractivity contribution >= 4 is 17.2 Å². The van der Waals surface area contributed by atoms with Crippen molar-refractivity contribution in [2.75, 3.05) is 25.6 Å². The van der Waals surface area contributed by atoms with Crippen molar-refractivity contribution in [3.8, 4) is 44.7 Å². The largest absolute Gasteiger partial charge is 0.491 e. The van der Waals surface area contributed by atoms with Crippen LogP contribution >= 0.6 is 11.3 Å². The lowest BCUT2D eigenvalue weighted by Crippen LogP contribution is -2.10. The maximum absolute atomic E-state index is 14.5. The van der Waals surface area contributed by atoms with Crippen LogP contribution in [-0.2, 0) is 6.42 Å². The summed E-state index contributed by atoms with van der Waals surface area (Å²) >= 11 is 1.54. The molecule has 5 heterocycles. The fourth-order valence-electron chi connectivity index (χ4n) is 4.14. The summed E-state index contributed by atoms with van der Waals surface area (Å²) < 4.78 is 35.3. The number of ether oxygens (including phenoxy) is 1. The molecule has 0 amide bonds. The van der Waals surface area contributed by atoms with Crippen LogP contribution in [0.25, 0.3) is 38.9 Å². The van der Waals surface area contributed by atoms with Crippen LogP contribution in [0.15, 0.2) is 61.1 Å². The average Bonchev–Trinajstić information content (AvgIpc) is 3.48. The predicted molar refractivity (Wildman–Crippen MR) is 135 cm³/mol. The van der Waals surface area contributed by atoms with Gasteiger partial charge in [-0.1, -0.05) is 0 Å². The summed E-state index contributed by atoms with van der Waals surface area (Å²) in [6.45, 7) is 0.513. The summed E-state index contributed by atoms with van der Waals surface area (Å²) in [4.78, 5) is 17.7. The molecule has 0 saturated carbocycles. The van der Waals surface area contributed by atoms with Gasteiger partial charge in [0.05, 0.1) is 17.2 Å². The fraction of sp³-hybridized carbons (Fsp3) is 0.154. The van der Waals surface area contributed by atoms with Crippen molar-refractivity contribution in [1.29, 1.82) is 0 Å². The van der Waals surface area contributed by atoms with Crippen molar-refractivity contribution in [1.82, 2.24) is 24.7 Å². The van der Waals surface area contributed by atoms with Crippen molar-refractivity contribution in [2.45, 2.75) is 6.42 Å². The van der Waals surface area contributed by atoms with E-state index in [1.807, 2.05) is 49.3 Å². The molecule has 36 heavy (non-hydrogen) atoms. The lowest BCUT2D eigenvalue weighted by molar-refractivity contribution is 0.326. The number of fused-ring (bicyclic) bond motifs is 3. The Bertz CT molecular complexity index is 1580. The first-order chi connectivity index (χ1) is 17.5. The molecule has 0 bridgehead atoms. The van der Waals surface area contributed by atoms with Crippen LogP contribution in [0.2, 0.25) is 0 Å². The molecule has 0 spiro atoms. The number of pyridine rings is 2. The van der Waals surface area contributed by atoms with Gasteiger partial charge in [0.25, 0.3) is 0 Å². The third-order valence-corrected chi connectivity index (χ3v) is 7.11.